The van der Waals surface area contributed by atoms with Gasteiger partial charge in [0, 0.05) is 17.8 Å². The average Bonchev–Trinajstić information content (AvgIpc) is 3.04. The molecule has 2 fully saturated rings. The quantitative estimate of drug-likeness (QED) is 0.317. The smallest absolute Gasteiger partial charge is 0.156 e. The summed E-state index contributed by atoms with van der Waals surface area (Å²) < 4.78 is 0. The van der Waals surface area contributed by atoms with Crippen LogP contribution in [0.5, 0.6) is 0 Å². The van der Waals surface area contributed by atoms with E-state index in [9.17, 15) is 9.90 Å². The summed E-state index contributed by atoms with van der Waals surface area (Å²) in [7, 11) is 0. The number of carbonyl (C=O) groups is 1. The normalized spacial score (nSPS) is 37.1. The number of nitrogens with zero attached hydrogens (tertiary/aromatic N) is 1. The van der Waals surface area contributed by atoms with Crippen molar-refractivity contribution in [1.82, 2.24) is 0 Å². The Kier molecular flexibility index (Phi) is 4.71. The molecule has 5 atom stereocenters. The zero-order valence-electron chi connectivity index (χ0n) is 18.0. The van der Waals surface area contributed by atoms with Crippen LogP contribution in [0.2, 0.25) is 0 Å². The third kappa shape index (κ3) is 2.94. The Morgan fingerprint density at radius 2 is 1.97 bits per heavy atom. The monoisotopic (exact) mass is 415 g/mol. The first-order valence-corrected chi connectivity index (χ1v) is 11.3. The predicted molar refractivity (Wildman–Crippen MR) is 120 cm³/mol. The van der Waals surface area contributed by atoms with Gasteiger partial charge in [0.25, 0.3) is 0 Å². The van der Waals surface area contributed by atoms with Crippen LogP contribution in [0.25, 0.3) is 0 Å². The van der Waals surface area contributed by atoms with Crippen LogP contribution in [-0.2, 0) is 4.79 Å². The molecular weight excluding hydrogens is 386 g/mol. The lowest BCUT2D eigenvalue weighted by molar-refractivity contribution is -0.114. The number of carbonyl (C=O) groups excluding carboxylic acids is 1. The number of aliphatic hydroxyl groups is 1. The molecule has 160 valence electrons. The molecule has 3 unspecified atom stereocenters. The van der Waals surface area contributed by atoms with Crippen LogP contribution in [0.4, 0.5) is 0 Å². The largest absolute Gasteiger partial charge is 0.411 e. The van der Waals surface area contributed by atoms with E-state index in [0.29, 0.717) is 24.7 Å². The van der Waals surface area contributed by atoms with Crippen molar-refractivity contribution in [1.29, 1.82) is 0 Å². The second kappa shape index (κ2) is 7.21. The maximum Gasteiger partial charge on any atom is 0.156 e. The number of hydrogen-bond acceptors (Lipinski definition) is 4. The molecule has 4 nitrogen and oxygen atoms in total. The van der Waals surface area contributed by atoms with Crippen LogP contribution >= 0.6 is 0 Å². The van der Waals surface area contributed by atoms with Gasteiger partial charge >= 0.3 is 0 Å². The summed E-state index contributed by atoms with van der Waals surface area (Å²) in [5, 5.41) is 23.4. The maximum absolute atomic E-state index is 12.1. The van der Waals surface area contributed by atoms with Gasteiger partial charge in [0.05, 0.1) is 6.21 Å². The number of benzene rings is 1. The van der Waals surface area contributed by atoms with Gasteiger partial charge in [0.2, 0.25) is 0 Å². The number of terminal acetylenes is 1. The van der Waals surface area contributed by atoms with E-state index in [-0.39, 0.29) is 17.1 Å². The van der Waals surface area contributed by atoms with Crippen LogP contribution in [0, 0.1) is 29.6 Å². The van der Waals surface area contributed by atoms with Gasteiger partial charge in [-0.25, -0.2) is 0 Å². The van der Waals surface area contributed by atoms with Gasteiger partial charge in [-0.3, -0.25) is 4.79 Å². The Hall–Kier alpha value is -2.64. The Labute approximate surface area is 183 Å². The molecular formula is C27H29NO3. The van der Waals surface area contributed by atoms with Crippen molar-refractivity contribution < 1.29 is 15.1 Å². The molecule has 1 aromatic carbocycles. The molecule has 0 saturated heterocycles. The molecule has 0 amide bonds. The van der Waals surface area contributed by atoms with Gasteiger partial charge < -0.3 is 10.3 Å². The highest BCUT2D eigenvalue weighted by atomic mass is 16.4. The van der Waals surface area contributed by atoms with Crippen molar-refractivity contribution in [2.45, 2.75) is 63.4 Å². The third-order valence-corrected chi connectivity index (χ3v) is 8.67. The van der Waals surface area contributed by atoms with E-state index in [2.05, 4.69) is 30.1 Å². The van der Waals surface area contributed by atoms with Crippen molar-refractivity contribution in [2.75, 3.05) is 0 Å². The van der Waals surface area contributed by atoms with E-state index >= 15 is 0 Å². The minimum atomic E-state index is -1.08. The van der Waals surface area contributed by atoms with E-state index in [1.54, 1.807) is 0 Å². The molecule has 4 heteroatoms. The number of rotatable bonds is 2. The molecule has 4 aliphatic rings. The van der Waals surface area contributed by atoms with Crippen molar-refractivity contribution in [3.63, 3.8) is 0 Å². The molecule has 2 N–H and O–H groups in total. The summed E-state index contributed by atoms with van der Waals surface area (Å²) in [6, 6.07) is 8.14. The summed E-state index contributed by atoms with van der Waals surface area (Å²) in [5.41, 5.74) is 4.73. The van der Waals surface area contributed by atoms with E-state index in [1.165, 1.54) is 28.5 Å². The summed E-state index contributed by atoms with van der Waals surface area (Å²) >= 11 is 0. The van der Waals surface area contributed by atoms with E-state index in [4.69, 9.17) is 11.6 Å². The highest BCUT2D eigenvalue weighted by molar-refractivity contribution is 5.93. The first-order chi connectivity index (χ1) is 14.9. The summed E-state index contributed by atoms with van der Waals surface area (Å²) in [5.74, 6) is 3.94. The Morgan fingerprint density at radius 3 is 2.68 bits per heavy atom. The lowest BCUT2D eigenvalue weighted by Gasteiger charge is -2.53. The minimum Gasteiger partial charge on any atom is -0.411 e. The summed E-state index contributed by atoms with van der Waals surface area (Å²) in [4.78, 5) is 12.1. The highest BCUT2D eigenvalue weighted by Crippen LogP contribution is 2.66. The Balaban J connectivity index is 1.67. The summed E-state index contributed by atoms with van der Waals surface area (Å²) in [6.45, 7) is 2.20. The van der Waals surface area contributed by atoms with Crippen molar-refractivity contribution in [3.8, 4) is 12.3 Å². The highest BCUT2D eigenvalue weighted by Gasteiger charge is 2.62. The van der Waals surface area contributed by atoms with E-state index in [0.717, 1.165) is 37.7 Å². The van der Waals surface area contributed by atoms with Gasteiger partial charge in [-0.2, -0.15) is 0 Å². The molecule has 1 aromatic rings. The van der Waals surface area contributed by atoms with Crippen LogP contribution in [0.1, 0.15) is 68.9 Å². The first kappa shape index (κ1) is 20.3. The lowest BCUT2D eigenvalue weighted by atomic mass is 9.51. The van der Waals surface area contributed by atoms with Gasteiger partial charge in [0.1, 0.15) is 5.60 Å². The number of allylic oxidation sites excluding steroid dienone is 4. The molecule has 31 heavy (non-hydrogen) atoms. The fourth-order valence-corrected chi connectivity index (χ4v) is 7.08. The van der Waals surface area contributed by atoms with Gasteiger partial charge in [0.15, 0.2) is 5.78 Å². The van der Waals surface area contributed by atoms with Crippen molar-refractivity contribution >= 4 is 12.0 Å². The number of hydrogen-bond donors (Lipinski definition) is 2. The van der Waals surface area contributed by atoms with Crippen LogP contribution in [0.3, 0.4) is 0 Å². The lowest BCUT2D eigenvalue weighted by Crippen LogP contribution is -2.50. The molecule has 0 aliphatic heterocycles. The molecule has 0 bridgehead atoms. The second-order valence-electron chi connectivity index (χ2n) is 9.95. The maximum atomic E-state index is 12.1. The van der Waals surface area contributed by atoms with Crippen molar-refractivity contribution in [2.24, 2.45) is 22.4 Å². The SMILES string of the molecule is C#C[C@]1(O)CCC2C3CCC4=CC(=O)CCC4=C3C(c3ccc(/C=N\O)cc3)C[C@@]21C. The molecule has 0 spiro atoms. The zero-order chi connectivity index (χ0) is 21.8. The van der Waals surface area contributed by atoms with Crippen LogP contribution < -0.4 is 0 Å². The van der Waals surface area contributed by atoms with Crippen LogP contribution in [-0.4, -0.2) is 27.9 Å². The Morgan fingerprint density at radius 1 is 1.19 bits per heavy atom. The van der Waals surface area contributed by atoms with Gasteiger partial charge in [-0.15, -0.1) is 6.42 Å². The average molecular weight is 416 g/mol. The minimum absolute atomic E-state index is 0.163. The fraction of sp³-hybridized carbons (Fsp3) is 0.481. The molecule has 0 radical (unpaired) electrons. The molecule has 0 aromatic heterocycles. The van der Waals surface area contributed by atoms with Gasteiger partial charge in [-0.1, -0.05) is 47.8 Å². The van der Waals surface area contributed by atoms with Gasteiger partial charge in [-0.05, 0) is 78.7 Å². The third-order valence-electron chi connectivity index (χ3n) is 8.67. The topological polar surface area (TPSA) is 69.9 Å². The number of fused-ring (bicyclic) bond motifs is 4. The summed E-state index contributed by atoms with van der Waals surface area (Å²) in [6.07, 6.45) is 15.0. The number of oxime groups is 1. The van der Waals surface area contributed by atoms with Crippen LogP contribution in [0.15, 0.2) is 52.2 Å². The fourth-order valence-electron chi connectivity index (χ4n) is 7.08. The molecule has 4 aliphatic carbocycles. The molecule has 5 rings (SSSR count). The molecule has 2 saturated carbocycles. The first-order valence-electron chi connectivity index (χ1n) is 11.3. The number of ketones is 1. The Bertz CT molecular complexity index is 1060. The standard InChI is InChI=1S/C27H29NO3/c1-3-27(30)13-12-24-22-10-8-19-14-20(29)9-11-21(19)25(22)23(15-26(24,27)2)18-6-4-17(5-7-18)16-28-31/h1,4-7,14,16,22-24,30-31H,8-13,15H2,2H3/b28-16-/t22?,23?,24?,26-,27-/m0/s1. The second-order valence-corrected chi connectivity index (χ2v) is 9.95. The predicted octanol–water partition coefficient (Wildman–Crippen LogP) is 4.76. The molecule has 0 heterocycles. The van der Waals surface area contributed by atoms with E-state index < -0.39 is 5.60 Å². The van der Waals surface area contributed by atoms with Crippen molar-refractivity contribution in [3.05, 3.63) is 58.2 Å². The van der Waals surface area contributed by atoms with E-state index in [1.807, 2.05) is 18.2 Å². The zero-order valence-corrected chi connectivity index (χ0v) is 18.0.